The fraction of sp³-hybridized carbons (Fsp3) is 0.111. The second-order valence-electron chi connectivity index (χ2n) is 5.71. The zero-order chi connectivity index (χ0) is 19.8. The van der Waals surface area contributed by atoms with Crippen LogP contribution in [-0.2, 0) is 6.18 Å². The van der Waals surface area contributed by atoms with E-state index in [1.165, 1.54) is 25.1 Å². The Morgan fingerprint density at radius 2 is 1.74 bits per heavy atom. The Hall–Kier alpha value is -3.23. The van der Waals surface area contributed by atoms with Gasteiger partial charge in [-0.3, -0.25) is 0 Å². The average Bonchev–Trinajstić information content (AvgIpc) is 2.57. The molecule has 3 rings (SSSR count). The van der Waals surface area contributed by atoms with Gasteiger partial charge in [0.05, 0.1) is 5.56 Å². The van der Waals surface area contributed by atoms with Crippen LogP contribution in [0.1, 0.15) is 11.4 Å². The van der Waals surface area contributed by atoms with E-state index in [-0.39, 0.29) is 28.6 Å². The molecule has 4 nitrogen and oxygen atoms in total. The number of nitrogen functional groups attached to an aromatic ring is 1. The largest absolute Gasteiger partial charge is 0.416 e. The van der Waals surface area contributed by atoms with Gasteiger partial charge >= 0.3 is 6.18 Å². The lowest BCUT2D eigenvalue weighted by molar-refractivity contribution is -0.137. The van der Waals surface area contributed by atoms with E-state index in [0.717, 1.165) is 12.1 Å². The van der Waals surface area contributed by atoms with E-state index >= 15 is 0 Å². The third-order valence-corrected chi connectivity index (χ3v) is 3.70. The topological polar surface area (TPSA) is 63.8 Å². The standard InChI is InChI=1S/C18H13F5N4/c1-9-25-16(13-6-5-10(7-14(13)20)18(21,22)23)15(24)17(26-9)27-12-4-2-3-11(19)8-12/h2-8H,24H2,1H3,(H,25,26,27). The molecule has 0 spiro atoms. The van der Waals surface area contributed by atoms with E-state index in [1.54, 1.807) is 6.07 Å². The highest BCUT2D eigenvalue weighted by Crippen LogP contribution is 2.36. The van der Waals surface area contributed by atoms with Crippen molar-refractivity contribution in [1.82, 2.24) is 9.97 Å². The number of aromatic nitrogens is 2. The molecule has 2 aromatic carbocycles. The molecule has 0 aliphatic carbocycles. The number of hydrogen-bond acceptors (Lipinski definition) is 4. The van der Waals surface area contributed by atoms with E-state index in [0.29, 0.717) is 11.8 Å². The van der Waals surface area contributed by atoms with Crippen LogP contribution in [0.3, 0.4) is 0 Å². The first-order chi connectivity index (χ1) is 12.6. The summed E-state index contributed by atoms with van der Waals surface area (Å²) in [6, 6.07) is 7.58. The van der Waals surface area contributed by atoms with Gasteiger partial charge in [0.1, 0.15) is 28.8 Å². The number of hydrogen-bond donors (Lipinski definition) is 2. The van der Waals surface area contributed by atoms with Gasteiger partial charge in [-0.1, -0.05) is 6.07 Å². The number of benzene rings is 2. The molecular weight excluding hydrogens is 367 g/mol. The Labute approximate surface area is 150 Å². The Balaban J connectivity index is 2.06. The third-order valence-electron chi connectivity index (χ3n) is 3.70. The second-order valence-corrected chi connectivity index (χ2v) is 5.71. The molecule has 3 aromatic rings. The molecule has 27 heavy (non-hydrogen) atoms. The summed E-state index contributed by atoms with van der Waals surface area (Å²) in [6.45, 7) is 1.52. The first kappa shape index (κ1) is 18.6. The quantitative estimate of drug-likeness (QED) is 0.623. The lowest BCUT2D eigenvalue weighted by Crippen LogP contribution is -2.08. The molecule has 1 heterocycles. The van der Waals surface area contributed by atoms with Crippen molar-refractivity contribution in [2.24, 2.45) is 0 Å². The summed E-state index contributed by atoms with van der Waals surface area (Å²) in [7, 11) is 0. The van der Waals surface area contributed by atoms with Gasteiger partial charge in [-0.15, -0.1) is 0 Å². The minimum atomic E-state index is -4.67. The molecule has 0 unspecified atom stereocenters. The first-order valence-corrected chi connectivity index (χ1v) is 7.69. The van der Waals surface area contributed by atoms with Gasteiger partial charge in [0, 0.05) is 11.3 Å². The van der Waals surface area contributed by atoms with E-state index in [4.69, 9.17) is 5.73 Å². The number of halogens is 5. The van der Waals surface area contributed by atoms with Crippen LogP contribution in [-0.4, -0.2) is 9.97 Å². The van der Waals surface area contributed by atoms with E-state index in [2.05, 4.69) is 15.3 Å². The van der Waals surface area contributed by atoms with Crippen LogP contribution in [0.25, 0.3) is 11.3 Å². The molecule has 140 valence electrons. The molecular formula is C18H13F5N4. The van der Waals surface area contributed by atoms with Crippen molar-refractivity contribution in [3.8, 4) is 11.3 Å². The maximum absolute atomic E-state index is 14.3. The summed E-state index contributed by atoms with van der Waals surface area (Å²) >= 11 is 0. The maximum atomic E-state index is 14.3. The summed E-state index contributed by atoms with van der Waals surface area (Å²) in [5.74, 6) is -1.32. The fourth-order valence-corrected chi connectivity index (χ4v) is 2.47. The van der Waals surface area contributed by atoms with Crippen LogP contribution in [0, 0.1) is 18.6 Å². The minimum absolute atomic E-state index is 0.0624. The van der Waals surface area contributed by atoms with Crippen molar-refractivity contribution in [3.05, 3.63) is 65.5 Å². The third kappa shape index (κ3) is 3.97. The molecule has 0 aliphatic rings. The number of nitrogens with one attached hydrogen (secondary N) is 1. The molecule has 3 N–H and O–H groups in total. The normalized spacial score (nSPS) is 11.5. The van der Waals surface area contributed by atoms with Crippen LogP contribution in [0.4, 0.5) is 39.1 Å². The van der Waals surface area contributed by atoms with E-state index < -0.39 is 23.4 Å². The lowest BCUT2D eigenvalue weighted by Gasteiger charge is -2.14. The number of alkyl halides is 3. The molecule has 0 radical (unpaired) electrons. The van der Waals surface area contributed by atoms with Crippen molar-refractivity contribution >= 4 is 17.2 Å². The van der Waals surface area contributed by atoms with Crippen molar-refractivity contribution in [3.63, 3.8) is 0 Å². The van der Waals surface area contributed by atoms with Gasteiger partial charge in [0.15, 0.2) is 5.82 Å². The highest BCUT2D eigenvalue weighted by Gasteiger charge is 2.31. The van der Waals surface area contributed by atoms with E-state index in [1.807, 2.05) is 0 Å². The van der Waals surface area contributed by atoms with Gasteiger partial charge in [-0.25, -0.2) is 18.7 Å². The predicted molar refractivity (Wildman–Crippen MR) is 91.3 cm³/mol. The molecule has 0 amide bonds. The van der Waals surface area contributed by atoms with Crippen LogP contribution < -0.4 is 11.1 Å². The van der Waals surface area contributed by atoms with Gasteiger partial charge in [-0.05, 0) is 43.3 Å². The highest BCUT2D eigenvalue weighted by atomic mass is 19.4. The Kier molecular flexibility index (Phi) is 4.69. The van der Waals surface area contributed by atoms with Crippen molar-refractivity contribution < 1.29 is 22.0 Å². The zero-order valence-electron chi connectivity index (χ0n) is 13.9. The predicted octanol–water partition coefficient (Wildman–Crippen LogP) is 5.07. The number of aryl methyl sites for hydroxylation is 1. The van der Waals surface area contributed by atoms with Crippen molar-refractivity contribution in [1.29, 1.82) is 0 Å². The maximum Gasteiger partial charge on any atom is 0.416 e. The summed E-state index contributed by atoms with van der Waals surface area (Å²) < 4.78 is 65.8. The number of anilines is 3. The molecule has 1 aromatic heterocycles. The average molecular weight is 380 g/mol. The Bertz CT molecular complexity index is 1000. The molecule has 0 fully saturated rings. The monoisotopic (exact) mass is 380 g/mol. The van der Waals surface area contributed by atoms with E-state index in [9.17, 15) is 22.0 Å². The van der Waals surface area contributed by atoms with Crippen LogP contribution in [0.2, 0.25) is 0 Å². The van der Waals surface area contributed by atoms with Gasteiger partial charge < -0.3 is 11.1 Å². The number of nitrogens with zero attached hydrogens (tertiary/aromatic N) is 2. The smallest absolute Gasteiger partial charge is 0.394 e. The molecule has 0 saturated carbocycles. The fourth-order valence-electron chi connectivity index (χ4n) is 2.47. The molecule has 0 atom stereocenters. The molecule has 0 aliphatic heterocycles. The Morgan fingerprint density at radius 3 is 2.37 bits per heavy atom. The molecule has 0 saturated heterocycles. The first-order valence-electron chi connectivity index (χ1n) is 7.69. The van der Waals surface area contributed by atoms with Crippen molar-refractivity contribution in [2.75, 3.05) is 11.1 Å². The SMILES string of the molecule is Cc1nc(Nc2cccc(F)c2)c(N)c(-c2ccc(C(F)(F)F)cc2F)n1. The minimum Gasteiger partial charge on any atom is -0.394 e. The zero-order valence-corrected chi connectivity index (χ0v) is 13.9. The van der Waals surface area contributed by atoms with Crippen LogP contribution in [0.15, 0.2) is 42.5 Å². The number of nitrogens with two attached hydrogens (primary N) is 1. The van der Waals surface area contributed by atoms with Crippen LogP contribution >= 0.6 is 0 Å². The molecule has 9 heteroatoms. The second kappa shape index (κ2) is 6.82. The summed E-state index contributed by atoms with van der Waals surface area (Å²) in [5.41, 5.74) is 4.88. The van der Waals surface area contributed by atoms with Crippen LogP contribution in [0.5, 0.6) is 0 Å². The summed E-state index contributed by atoms with van der Waals surface area (Å²) in [6.07, 6.45) is -4.67. The van der Waals surface area contributed by atoms with Crippen molar-refractivity contribution in [2.45, 2.75) is 13.1 Å². The van der Waals surface area contributed by atoms with Gasteiger partial charge in [0.2, 0.25) is 0 Å². The summed E-state index contributed by atoms with van der Waals surface area (Å²) in [4.78, 5) is 8.14. The highest BCUT2D eigenvalue weighted by molar-refractivity contribution is 5.83. The molecule has 0 bridgehead atoms. The van der Waals surface area contributed by atoms with Gasteiger partial charge in [-0.2, -0.15) is 13.2 Å². The van der Waals surface area contributed by atoms with Gasteiger partial charge in [0.25, 0.3) is 0 Å². The summed E-state index contributed by atoms with van der Waals surface area (Å²) in [5, 5.41) is 2.80. The number of rotatable bonds is 3. The lowest BCUT2D eigenvalue weighted by atomic mass is 10.1. The Morgan fingerprint density at radius 1 is 1.00 bits per heavy atom.